The Morgan fingerprint density at radius 2 is 0.348 bits per heavy atom. The van der Waals surface area contributed by atoms with Crippen LogP contribution in [0.4, 0.5) is 145 Å². The molecule has 0 unspecified atom stereocenters. The van der Waals surface area contributed by atoms with E-state index in [1.54, 1.807) is 34.6 Å². The molecule has 9 aromatic carbocycles. The highest BCUT2D eigenvalue weighted by Crippen LogP contribution is 2.49. The first-order valence-electron chi connectivity index (χ1n) is 42.1. The molecule has 0 atom stereocenters. The van der Waals surface area contributed by atoms with Gasteiger partial charge < -0.3 is 28.4 Å². The molecule has 0 saturated carbocycles. The molecular formula is C96H93F33O12. The van der Waals surface area contributed by atoms with Gasteiger partial charge in [-0.15, -0.1) is 0 Å². The highest BCUT2D eigenvalue weighted by atomic mass is 19.4. The van der Waals surface area contributed by atoms with Gasteiger partial charge in [0.25, 0.3) is 0 Å². The zero-order chi connectivity index (χ0) is 110. The molecule has 0 saturated heterocycles. The van der Waals surface area contributed by atoms with Gasteiger partial charge in [-0.3, -0.25) is 28.8 Å². The summed E-state index contributed by atoms with van der Waals surface area (Å²) in [6.07, 6.45) is -6.77. The Bertz CT molecular complexity index is 6300. The zero-order valence-electron chi connectivity index (χ0n) is 79.7. The van der Waals surface area contributed by atoms with Crippen molar-refractivity contribution in [1.29, 1.82) is 0 Å². The summed E-state index contributed by atoms with van der Waals surface area (Å²) in [6, 6.07) is 0. The number of hydrogen-bond acceptors (Lipinski definition) is 12. The number of rotatable bonds is 21. The molecule has 0 radical (unpaired) electrons. The van der Waals surface area contributed by atoms with Gasteiger partial charge in [-0.1, -0.05) is 138 Å². The van der Waals surface area contributed by atoms with Gasteiger partial charge in [0.15, 0.2) is 105 Å². The van der Waals surface area contributed by atoms with E-state index >= 15 is 0 Å². The molecule has 0 bridgehead atoms. The van der Waals surface area contributed by atoms with Crippen LogP contribution in [-0.2, 0) is 61.3 Å². The average molecular weight is 2070 g/mol. The maximum absolute atomic E-state index is 14.8. The van der Waals surface area contributed by atoms with Crippen molar-refractivity contribution in [2.45, 2.75) is 270 Å². The predicted molar refractivity (Wildman–Crippen MR) is 446 cm³/mol. The second-order valence-corrected chi connectivity index (χ2v) is 36.1. The molecule has 9 aromatic rings. The Morgan fingerprint density at radius 1 is 0.199 bits per heavy atom. The molecule has 45 heteroatoms. The van der Waals surface area contributed by atoms with E-state index in [-0.39, 0.29) is 51.4 Å². The van der Waals surface area contributed by atoms with Crippen LogP contribution in [0.3, 0.4) is 0 Å². The van der Waals surface area contributed by atoms with E-state index < -0.39 is 361 Å². The summed E-state index contributed by atoms with van der Waals surface area (Å²) >= 11 is 0. The van der Waals surface area contributed by atoms with Crippen LogP contribution in [0.1, 0.15) is 264 Å². The fourth-order valence-corrected chi connectivity index (χ4v) is 12.7. The van der Waals surface area contributed by atoms with Gasteiger partial charge in [0, 0.05) is 60.1 Å². The third-order valence-electron chi connectivity index (χ3n) is 23.0. The molecule has 0 aliphatic heterocycles. The number of carbonyl (C=O) groups excluding carboxylic acids is 6. The van der Waals surface area contributed by atoms with Crippen LogP contribution in [0.2, 0.25) is 0 Å². The zero-order valence-corrected chi connectivity index (χ0v) is 79.7. The Kier molecular flexibility index (Phi) is 39.4. The van der Waals surface area contributed by atoms with Gasteiger partial charge in [-0.05, 0) is 91.8 Å². The lowest BCUT2D eigenvalue weighted by atomic mass is 9.80. The van der Waals surface area contributed by atoms with Crippen LogP contribution < -0.4 is 28.4 Å². The molecule has 0 spiro atoms. The SMILES string of the molecule is CCC(=O)Oc1c(F)c(F)c(C(C)(C)CC)c(F)c1F.CCC(=O)Oc1c(F)c(F)c2c(F)c(C(C)(C)CC)c(F)c(F)c2c1F.CCC(C)(C)c1c(F)c(F)c(OC(=O)C(C)(C)C)c(F)c1F.CCC(C)(C)c1c(F)c(F)c(OC(C)=O)c(F)c1F.CCC(C)(C)c1c(F)c(F)c2c(F)c(OC(=O)CC(F)(F)F)c(F)c(F)c2c1F.CCC(C)(C)c1c(F)c(F)c2c(F)c(OC(C)=O)c(F)c(F)c2c1F. The molecule has 0 aliphatic rings. The molecule has 9 rings (SSSR count). The van der Waals surface area contributed by atoms with Gasteiger partial charge >= 0.3 is 42.0 Å². The van der Waals surface area contributed by atoms with Gasteiger partial charge in [0.05, 0.1) is 37.7 Å². The number of benzene rings is 9. The summed E-state index contributed by atoms with van der Waals surface area (Å²) in [5.41, 5.74) is -13.0. The first-order valence-corrected chi connectivity index (χ1v) is 42.1. The van der Waals surface area contributed by atoms with Crippen molar-refractivity contribution in [3.63, 3.8) is 0 Å². The Labute approximate surface area is 784 Å². The number of fused-ring (bicyclic) bond motifs is 3. The quantitative estimate of drug-likeness (QED) is 0.0291. The van der Waals surface area contributed by atoms with E-state index in [4.69, 9.17) is 0 Å². The smallest absolute Gasteiger partial charge is 0.399 e. The van der Waals surface area contributed by atoms with Crippen molar-refractivity contribution in [3.8, 4) is 34.5 Å². The minimum atomic E-state index is -5.12. The van der Waals surface area contributed by atoms with Gasteiger partial charge in [-0.25, -0.2) is 92.2 Å². The van der Waals surface area contributed by atoms with E-state index in [1.165, 1.54) is 125 Å². The Hall–Kier alpha value is -11.7. The van der Waals surface area contributed by atoms with Gasteiger partial charge in [0.2, 0.25) is 86.9 Å². The second-order valence-electron chi connectivity index (χ2n) is 36.1. The molecule has 0 N–H and O–H groups in total. The molecule has 0 fully saturated rings. The Balaban J connectivity index is 0.000000355. The number of hydrogen-bond donors (Lipinski definition) is 0. The van der Waals surface area contributed by atoms with Crippen molar-refractivity contribution in [2.75, 3.05) is 0 Å². The Morgan fingerprint density at radius 3 is 0.532 bits per heavy atom. The minimum Gasteiger partial charge on any atom is -0.420 e. The first-order chi connectivity index (χ1) is 64.2. The summed E-state index contributed by atoms with van der Waals surface area (Å²) in [5.74, 6) is -71.0. The largest absolute Gasteiger partial charge is 0.420 e. The lowest BCUT2D eigenvalue weighted by Gasteiger charge is -2.26. The molecule has 0 heterocycles. The van der Waals surface area contributed by atoms with Crippen LogP contribution >= 0.6 is 0 Å². The van der Waals surface area contributed by atoms with Crippen molar-refractivity contribution >= 4 is 68.1 Å². The number of carbonyl (C=O) groups is 6. The van der Waals surface area contributed by atoms with E-state index in [0.717, 1.165) is 13.8 Å². The standard InChI is InChI=1S/C18H13F9O2.C18H16F6O2.C17H14F6O2.C16H20F4O2.C14H16F4O2.C13H14F4O2/c1-4-17(2,3)9-10(19)7-8(11(20)14(9)23)13(22)16(15(24)12(7)21)29-6(28)5-18(25,26)27;1-5-7(25)26-17-14(22)9-8(13(21)16(17)24)11(19)10(15(23)12(9)20)18(3,4)6-2;1-5-17(3,4)9-10(18)7-8(11(19)14(9)22)13(21)16(25-6(2)24)15(23)12(7)20;1-7-16(5,6)8-9(17)11(19)13(12(20)10(8)18)22-14(21)15(2,3)4;1-5-7(19)20-13-11(17)9(15)8(10(16)12(13)18)14(3,4)6-2;1-5-13(3,4)7-8(14)10(16)12(19-6(2)18)11(17)9(7)15/h4-5H2,1-3H3;5-6H2,1-4H3;5H2,1-4H3;7H2,1-6H3;5-6H2,1-4H3;5H2,1-4H3. The van der Waals surface area contributed by atoms with Crippen LogP contribution in [0.15, 0.2) is 0 Å². The van der Waals surface area contributed by atoms with E-state index in [9.17, 15) is 174 Å². The lowest BCUT2D eigenvalue weighted by molar-refractivity contribution is -0.164. The molecular weight excluding hydrogens is 1970 g/mol. The van der Waals surface area contributed by atoms with Crippen LogP contribution in [0.5, 0.6) is 34.5 Å². The maximum atomic E-state index is 14.8. The molecule has 0 amide bonds. The summed E-state index contributed by atoms with van der Waals surface area (Å²) in [5, 5.41) is -8.97. The van der Waals surface area contributed by atoms with Crippen molar-refractivity contribution in [3.05, 3.63) is 208 Å². The normalized spacial score (nSPS) is 12.0. The summed E-state index contributed by atoms with van der Waals surface area (Å²) in [4.78, 5) is 66.8. The molecule has 141 heavy (non-hydrogen) atoms. The summed E-state index contributed by atoms with van der Waals surface area (Å²) in [6.45, 7) is 35.0. The number of ether oxygens (including phenoxy) is 6. The molecule has 12 nitrogen and oxygen atoms in total. The maximum Gasteiger partial charge on any atom is 0.399 e. The van der Waals surface area contributed by atoms with E-state index in [1.807, 2.05) is 0 Å². The fraction of sp³-hybridized carbons (Fsp3) is 0.438. The topological polar surface area (TPSA) is 158 Å². The highest BCUT2D eigenvalue weighted by Gasteiger charge is 2.45. The minimum absolute atomic E-state index is 0.0332. The highest BCUT2D eigenvalue weighted by molar-refractivity contribution is 5.92. The lowest BCUT2D eigenvalue weighted by Crippen LogP contribution is -2.28. The van der Waals surface area contributed by atoms with Crippen molar-refractivity contribution in [2.24, 2.45) is 5.41 Å². The predicted octanol–water partition coefficient (Wildman–Crippen LogP) is 30.2. The molecule has 0 aromatic heterocycles. The third-order valence-corrected chi connectivity index (χ3v) is 23.0. The van der Waals surface area contributed by atoms with Gasteiger partial charge in [-0.2, -0.15) is 52.7 Å². The van der Waals surface area contributed by atoms with E-state index in [0.29, 0.717) is 0 Å². The average Bonchev–Trinajstić information content (AvgIpc) is 0.671. The first kappa shape index (κ1) is 122. The number of halogens is 33. The van der Waals surface area contributed by atoms with Gasteiger partial charge in [0.1, 0.15) is 23.9 Å². The van der Waals surface area contributed by atoms with Crippen LogP contribution in [0.25, 0.3) is 32.3 Å². The summed E-state index contributed by atoms with van der Waals surface area (Å²) in [7, 11) is 0. The fourth-order valence-electron chi connectivity index (χ4n) is 12.7. The van der Waals surface area contributed by atoms with Crippen LogP contribution in [0, 0.1) is 180 Å². The number of alkyl halides is 3. The van der Waals surface area contributed by atoms with Crippen molar-refractivity contribution in [1.82, 2.24) is 0 Å². The van der Waals surface area contributed by atoms with Crippen LogP contribution in [-0.4, -0.2) is 42.0 Å². The second kappa shape index (κ2) is 45.7. The third kappa shape index (κ3) is 25.1. The molecule has 0 aliphatic carbocycles. The van der Waals surface area contributed by atoms with Crippen molar-refractivity contribution < 1.29 is 202 Å². The van der Waals surface area contributed by atoms with E-state index in [2.05, 4.69) is 28.4 Å². The number of esters is 6. The summed E-state index contributed by atoms with van der Waals surface area (Å²) < 4.78 is 488. The molecule has 780 valence electrons. The monoisotopic (exact) mass is 2060 g/mol.